The first-order valence-electron chi connectivity index (χ1n) is 22.3. The third-order valence-corrected chi connectivity index (χ3v) is 25.0. The first kappa shape index (κ1) is 47.0. The number of hydrogen-bond donors (Lipinski definition) is 0. The lowest BCUT2D eigenvalue weighted by Crippen LogP contribution is -2.43. The quantitative estimate of drug-likeness (QED) is 0.118. The average Bonchev–Trinajstić information content (AvgIpc) is 3.24. The molecule has 62 heavy (non-hydrogen) atoms. The van der Waals surface area contributed by atoms with Crippen LogP contribution in [0.2, 0.25) is 33.2 Å². The van der Waals surface area contributed by atoms with E-state index in [9.17, 15) is 0 Å². The van der Waals surface area contributed by atoms with E-state index < -0.39 is 16.1 Å². The van der Waals surface area contributed by atoms with E-state index in [4.69, 9.17) is 0 Å². The molecule has 0 atom stereocenters. The van der Waals surface area contributed by atoms with Gasteiger partial charge in [-0.15, -0.1) is 11.1 Å². The molecule has 5 rings (SSSR count). The van der Waals surface area contributed by atoms with Crippen molar-refractivity contribution in [2.24, 2.45) is 0 Å². The molecule has 2 heteroatoms. The lowest BCUT2D eigenvalue weighted by molar-refractivity contribution is 0.838. The summed E-state index contributed by atoms with van der Waals surface area (Å²) in [5, 5.41) is 0. The van der Waals surface area contributed by atoms with Gasteiger partial charge < -0.3 is 0 Å². The summed E-state index contributed by atoms with van der Waals surface area (Å²) < 4.78 is 0. The molecule has 5 aromatic carbocycles. The third kappa shape index (κ3) is 11.6. The van der Waals surface area contributed by atoms with Crippen molar-refractivity contribution >= 4 is 16.1 Å². The summed E-state index contributed by atoms with van der Waals surface area (Å²) in [6.07, 6.45) is 0. The topological polar surface area (TPSA) is 0 Å². The molecule has 0 aliphatic rings. The van der Waals surface area contributed by atoms with Crippen LogP contribution in [0.3, 0.4) is 0 Å². The normalized spacial score (nSPS) is 11.0. The van der Waals surface area contributed by atoms with E-state index in [2.05, 4.69) is 202 Å². The largest absolute Gasteiger partial charge is 0.146 e. The van der Waals surface area contributed by atoms with Crippen molar-refractivity contribution in [1.29, 1.82) is 0 Å². The lowest BCUT2D eigenvalue weighted by atomic mass is 10.0. The van der Waals surface area contributed by atoms with Gasteiger partial charge in [0.15, 0.2) is 0 Å². The molecule has 5 aromatic rings. The maximum absolute atomic E-state index is 3.83. The Balaban J connectivity index is 1.30. The molecule has 0 aliphatic heterocycles. The molecule has 0 unspecified atom stereocenters. The van der Waals surface area contributed by atoms with Gasteiger partial charge in [0.1, 0.15) is 16.1 Å². The average molecular weight is 839 g/mol. The van der Waals surface area contributed by atoms with Crippen LogP contribution >= 0.6 is 0 Å². The van der Waals surface area contributed by atoms with Crippen LogP contribution in [0.1, 0.15) is 139 Å². The van der Waals surface area contributed by atoms with Crippen molar-refractivity contribution in [2.75, 3.05) is 0 Å². The van der Waals surface area contributed by atoms with Crippen LogP contribution in [0.5, 0.6) is 0 Å². The standard InChI is InChI=1S/C60H62Si2/c1-45(2)61(46(3)4,47(5)6)42-40-53-28-24-51(25-29-53)32-33-55-18-17-19-56(44-55)35-37-58-21-14-16-23-60(58)39-38-59-22-15-13-20-57(59)36-34-52-26-30-54(31-27-52)41-43-62(48(7)8,49(9)10)50(11)12/h13-31,44-50H,1-12H3. The Morgan fingerprint density at radius 1 is 0.258 bits per heavy atom. The third-order valence-electron chi connectivity index (χ3n) is 12.4. The molecule has 0 nitrogen and oxygen atoms in total. The fraction of sp³-hybridized carbons (Fsp3) is 0.300. The second-order valence-corrected chi connectivity index (χ2v) is 29.3. The highest BCUT2D eigenvalue weighted by molar-refractivity contribution is 6.91. The predicted molar refractivity (Wildman–Crippen MR) is 272 cm³/mol. The van der Waals surface area contributed by atoms with Crippen LogP contribution in [-0.2, 0) is 0 Å². The fourth-order valence-electron chi connectivity index (χ4n) is 9.14. The van der Waals surface area contributed by atoms with E-state index >= 15 is 0 Å². The Labute approximate surface area is 377 Å². The minimum Gasteiger partial charge on any atom is -0.125 e. The Morgan fingerprint density at radius 2 is 0.500 bits per heavy atom. The van der Waals surface area contributed by atoms with E-state index in [0.29, 0.717) is 33.2 Å². The van der Waals surface area contributed by atoms with Crippen LogP contribution in [0.25, 0.3) is 0 Å². The van der Waals surface area contributed by atoms with E-state index in [1.54, 1.807) is 0 Å². The first-order chi connectivity index (χ1) is 29.6. The van der Waals surface area contributed by atoms with Crippen LogP contribution in [-0.4, -0.2) is 16.1 Å². The lowest BCUT2D eigenvalue weighted by Gasteiger charge is -2.38. The Kier molecular flexibility index (Phi) is 16.4. The number of rotatable bonds is 6. The van der Waals surface area contributed by atoms with Crippen molar-refractivity contribution in [3.8, 4) is 70.3 Å². The summed E-state index contributed by atoms with van der Waals surface area (Å²) >= 11 is 0. The maximum Gasteiger partial charge on any atom is 0.146 e. The summed E-state index contributed by atoms with van der Waals surface area (Å²) in [7, 11) is -3.57. The van der Waals surface area contributed by atoms with Crippen molar-refractivity contribution < 1.29 is 0 Å². The molecule has 0 aromatic heterocycles. The molecule has 0 saturated heterocycles. The molecular weight excluding hydrogens is 777 g/mol. The minimum atomic E-state index is -1.79. The van der Waals surface area contributed by atoms with Gasteiger partial charge in [0.05, 0.1) is 0 Å². The molecule has 0 heterocycles. The van der Waals surface area contributed by atoms with Gasteiger partial charge in [-0.2, -0.15) is 0 Å². The summed E-state index contributed by atoms with van der Waals surface area (Å²) in [6, 6.07) is 40.8. The summed E-state index contributed by atoms with van der Waals surface area (Å²) in [5.41, 5.74) is 20.6. The first-order valence-corrected chi connectivity index (χ1v) is 26.7. The van der Waals surface area contributed by atoms with Gasteiger partial charge in [-0.25, -0.2) is 0 Å². The summed E-state index contributed by atoms with van der Waals surface area (Å²) in [6.45, 7) is 28.2. The molecule has 0 amide bonds. The van der Waals surface area contributed by atoms with Crippen molar-refractivity contribution in [3.05, 3.63) is 177 Å². The van der Waals surface area contributed by atoms with Gasteiger partial charge in [-0.1, -0.05) is 173 Å². The molecule has 0 radical (unpaired) electrons. The van der Waals surface area contributed by atoms with Crippen LogP contribution < -0.4 is 0 Å². The zero-order valence-electron chi connectivity index (χ0n) is 39.0. The van der Waals surface area contributed by atoms with E-state index in [0.717, 1.165) is 55.6 Å². The highest BCUT2D eigenvalue weighted by atomic mass is 28.3. The molecule has 0 N–H and O–H groups in total. The summed E-state index contributed by atoms with van der Waals surface area (Å²) in [5.74, 6) is 34.0. The monoisotopic (exact) mass is 838 g/mol. The fourth-order valence-corrected chi connectivity index (χ4v) is 19.6. The van der Waals surface area contributed by atoms with Gasteiger partial charge in [0, 0.05) is 55.6 Å². The molecule has 0 bridgehead atoms. The highest BCUT2D eigenvalue weighted by Crippen LogP contribution is 2.42. The Hall–Kier alpha value is -6.11. The Bertz CT molecular complexity index is 2680. The molecule has 0 aliphatic carbocycles. The smallest absolute Gasteiger partial charge is 0.125 e. The van der Waals surface area contributed by atoms with E-state index in [1.807, 2.05) is 72.8 Å². The van der Waals surface area contributed by atoms with Crippen LogP contribution in [0.15, 0.2) is 121 Å². The summed E-state index contributed by atoms with van der Waals surface area (Å²) in [4.78, 5) is 0. The predicted octanol–water partition coefficient (Wildman–Crippen LogP) is 14.4. The molecule has 0 fully saturated rings. The van der Waals surface area contributed by atoms with E-state index in [-0.39, 0.29) is 0 Å². The molecule has 310 valence electrons. The van der Waals surface area contributed by atoms with Crippen molar-refractivity contribution in [1.82, 2.24) is 0 Å². The number of hydrogen-bond acceptors (Lipinski definition) is 0. The van der Waals surface area contributed by atoms with Crippen LogP contribution in [0.4, 0.5) is 0 Å². The van der Waals surface area contributed by atoms with Gasteiger partial charge in [-0.3, -0.25) is 0 Å². The highest BCUT2D eigenvalue weighted by Gasteiger charge is 2.42. The number of benzene rings is 5. The minimum absolute atomic E-state index is 0.604. The SMILES string of the molecule is CC(C)[Si](C#Cc1ccc(C#Cc2cccc(C#Cc3ccccc3C#Cc3ccccc3C#Cc3ccc(C#C[Si](C(C)C)(C(C)C)C(C)C)cc3)c2)cc1)(C(C)C)C(C)C. The zero-order chi connectivity index (χ0) is 44.9. The van der Waals surface area contributed by atoms with Gasteiger partial charge in [-0.05, 0) is 124 Å². The van der Waals surface area contributed by atoms with Gasteiger partial charge in [0.25, 0.3) is 0 Å². The van der Waals surface area contributed by atoms with Gasteiger partial charge in [0.2, 0.25) is 0 Å². The van der Waals surface area contributed by atoms with Crippen LogP contribution in [0, 0.1) is 70.3 Å². The second-order valence-electron chi connectivity index (χ2n) is 18.1. The second kappa shape index (κ2) is 21.6. The Morgan fingerprint density at radius 3 is 0.806 bits per heavy atom. The van der Waals surface area contributed by atoms with E-state index in [1.165, 1.54) is 0 Å². The van der Waals surface area contributed by atoms with Crippen molar-refractivity contribution in [2.45, 2.75) is 116 Å². The van der Waals surface area contributed by atoms with Crippen molar-refractivity contribution in [3.63, 3.8) is 0 Å². The van der Waals surface area contributed by atoms with Gasteiger partial charge >= 0.3 is 0 Å². The molecule has 0 saturated carbocycles. The zero-order valence-corrected chi connectivity index (χ0v) is 41.0. The molecule has 0 spiro atoms. The maximum atomic E-state index is 3.83. The molecular formula is C60H62Si2.